The van der Waals surface area contributed by atoms with Crippen molar-refractivity contribution in [3.63, 3.8) is 0 Å². The van der Waals surface area contributed by atoms with Crippen molar-refractivity contribution in [2.45, 2.75) is 33.5 Å². The average Bonchev–Trinajstić information content (AvgIpc) is 2.61. The Balaban J connectivity index is 1.80. The van der Waals surface area contributed by atoms with Gasteiger partial charge in [0.2, 0.25) is 0 Å². The first-order valence-corrected chi connectivity index (χ1v) is 8.37. The SMILES string of the molecule is CCOCc1ccc(CNC(=NC)NCc2cccc(C)c2)cc1. The standard InChI is InChI=1S/C20H27N3O/c1-4-24-15-18-10-8-17(9-11-18)13-22-20(21-3)23-14-19-7-5-6-16(2)12-19/h5-12H,4,13-15H2,1-3H3,(H2,21,22,23). The fourth-order valence-corrected chi connectivity index (χ4v) is 2.39. The number of hydrogen-bond acceptors (Lipinski definition) is 2. The van der Waals surface area contributed by atoms with Crippen molar-refractivity contribution in [2.24, 2.45) is 4.99 Å². The molecule has 0 unspecified atom stereocenters. The molecule has 0 spiro atoms. The summed E-state index contributed by atoms with van der Waals surface area (Å²) < 4.78 is 5.41. The molecule has 2 aromatic rings. The van der Waals surface area contributed by atoms with Gasteiger partial charge in [-0.15, -0.1) is 0 Å². The first kappa shape index (κ1) is 18.0. The summed E-state index contributed by atoms with van der Waals surface area (Å²) in [6, 6.07) is 16.9. The number of rotatable bonds is 7. The second kappa shape index (κ2) is 9.73. The maximum Gasteiger partial charge on any atom is 0.191 e. The molecule has 0 heterocycles. The summed E-state index contributed by atoms with van der Waals surface area (Å²) in [5.74, 6) is 0.801. The first-order valence-electron chi connectivity index (χ1n) is 8.37. The Bertz CT molecular complexity index is 650. The van der Waals surface area contributed by atoms with E-state index in [-0.39, 0.29) is 0 Å². The van der Waals surface area contributed by atoms with E-state index in [1.807, 2.05) is 6.92 Å². The lowest BCUT2D eigenvalue weighted by Gasteiger charge is -2.12. The van der Waals surface area contributed by atoms with Gasteiger partial charge in [0.05, 0.1) is 6.61 Å². The van der Waals surface area contributed by atoms with Gasteiger partial charge in [-0.25, -0.2) is 0 Å². The Morgan fingerprint density at radius 2 is 1.62 bits per heavy atom. The molecule has 0 aliphatic carbocycles. The summed E-state index contributed by atoms with van der Waals surface area (Å²) in [7, 11) is 1.79. The van der Waals surface area contributed by atoms with E-state index in [0.717, 1.165) is 25.7 Å². The van der Waals surface area contributed by atoms with Crippen molar-refractivity contribution in [1.29, 1.82) is 0 Å². The molecule has 0 aromatic heterocycles. The number of aliphatic imine (C=N–C) groups is 1. The van der Waals surface area contributed by atoms with Gasteiger partial charge in [0, 0.05) is 26.7 Å². The maximum atomic E-state index is 5.41. The minimum Gasteiger partial charge on any atom is -0.377 e. The van der Waals surface area contributed by atoms with Crippen LogP contribution >= 0.6 is 0 Å². The number of nitrogens with zero attached hydrogens (tertiary/aromatic N) is 1. The first-order chi connectivity index (χ1) is 11.7. The van der Waals surface area contributed by atoms with Crippen molar-refractivity contribution >= 4 is 5.96 Å². The molecule has 0 aliphatic rings. The molecule has 0 atom stereocenters. The van der Waals surface area contributed by atoms with Crippen LogP contribution in [0.25, 0.3) is 0 Å². The monoisotopic (exact) mass is 325 g/mol. The molecule has 0 saturated heterocycles. The molecular weight excluding hydrogens is 298 g/mol. The lowest BCUT2D eigenvalue weighted by Crippen LogP contribution is -2.36. The minimum absolute atomic E-state index is 0.671. The molecule has 0 radical (unpaired) electrons. The number of nitrogens with one attached hydrogen (secondary N) is 2. The van der Waals surface area contributed by atoms with Gasteiger partial charge < -0.3 is 15.4 Å². The Hall–Kier alpha value is -2.33. The van der Waals surface area contributed by atoms with E-state index in [1.165, 1.54) is 22.3 Å². The number of ether oxygens (including phenoxy) is 1. The van der Waals surface area contributed by atoms with E-state index in [2.05, 4.69) is 71.1 Å². The summed E-state index contributed by atoms with van der Waals surface area (Å²) in [5.41, 5.74) is 4.93. The molecule has 0 saturated carbocycles. The highest BCUT2D eigenvalue weighted by Crippen LogP contribution is 2.06. The minimum atomic E-state index is 0.671. The normalized spacial score (nSPS) is 11.4. The molecule has 4 heteroatoms. The van der Waals surface area contributed by atoms with Crippen LogP contribution in [0.4, 0.5) is 0 Å². The van der Waals surface area contributed by atoms with Gasteiger partial charge in [-0.2, -0.15) is 0 Å². The molecule has 128 valence electrons. The fraction of sp³-hybridized carbons (Fsp3) is 0.350. The summed E-state index contributed by atoms with van der Waals surface area (Å²) in [5, 5.41) is 6.68. The number of guanidine groups is 1. The third-order valence-electron chi connectivity index (χ3n) is 3.72. The van der Waals surface area contributed by atoms with Crippen LogP contribution in [0.5, 0.6) is 0 Å². The van der Waals surface area contributed by atoms with E-state index >= 15 is 0 Å². The van der Waals surface area contributed by atoms with Gasteiger partial charge in [-0.05, 0) is 30.5 Å². The lowest BCUT2D eigenvalue weighted by atomic mass is 10.1. The van der Waals surface area contributed by atoms with Crippen LogP contribution < -0.4 is 10.6 Å². The van der Waals surface area contributed by atoms with Gasteiger partial charge in [-0.1, -0.05) is 54.1 Å². The molecule has 0 aliphatic heterocycles. The van der Waals surface area contributed by atoms with Crippen molar-refractivity contribution in [3.8, 4) is 0 Å². The molecule has 2 aromatic carbocycles. The largest absolute Gasteiger partial charge is 0.377 e. The van der Waals surface area contributed by atoms with E-state index in [1.54, 1.807) is 7.05 Å². The van der Waals surface area contributed by atoms with Crippen molar-refractivity contribution in [1.82, 2.24) is 10.6 Å². The van der Waals surface area contributed by atoms with Crippen LogP contribution in [-0.4, -0.2) is 19.6 Å². The van der Waals surface area contributed by atoms with Gasteiger partial charge in [0.1, 0.15) is 0 Å². The van der Waals surface area contributed by atoms with Gasteiger partial charge in [0.15, 0.2) is 5.96 Å². The highest BCUT2D eigenvalue weighted by atomic mass is 16.5. The summed E-state index contributed by atoms with van der Waals surface area (Å²) in [6.45, 7) is 7.02. The zero-order valence-corrected chi connectivity index (χ0v) is 14.8. The average molecular weight is 325 g/mol. The molecule has 2 rings (SSSR count). The van der Waals surface area contributed by atoms with E-state index in [4.69, 9.17) is 4.74 Å². The summed E-state index contributed by atoms with van der Waals surface area (Å²) in [4.78, 5) is 4.27. The third kappa shape index (κ3) is 6.05. The van der Waals surface area contributed by atoms with Crippen LogP contribution in [0.3, 0.4) is 0 Å². The second-order valence-electron chi connectivity index (χ2n) is 5.72. The Morgan fingerprint density at radius 3 is 2.25 bits per heavy atom. The predicted molar refractivity (Wildman–Crippen MR) is 100.0 cm³/mol. The van der Waals surface area contributed by atoms with Gasteiger partial charge >= 0.3 is 0 Å². The Labute approximate surface area is 145 Å². The molecule has 0 amide bonds. The van der Waals surface area contributed by atoms with Gasteiger partial charge in [-0.3, -0.25) is 4.99 Å². The summed E-state index contributed by atoms with van der Waals surface area (Å²) in [6.07, 6.45) is 0. The zero-order valence-electron chi connectivity index (χ0n) is 14.8. The maximum absolute atomic E-state index is 5.41. The van der Waals surface area contributed by atoms with Crippen LogP contribution in [0.15, 0.2) is 53.5 Å². The van der Waals surface area contributed by atoms with Crippen molar-refractivity contribution < 1.29 is 4.74 Å². The molecule has 0 bridgehead atoms. The van der Waals surface area contributed by atoms with Crippen molar-refractivity contribution in [3.05, 3.63) is 70.8 Å². The van der Waals surface area contributed by atoms with Crippen LogP contribution in [-0.2, 0) is 24.4 Å². The van der Waals surface area contributed by atoms with E-state index < -0.39 is 0 Å². The highest BCUT2D eigenvalue weighted by molar-refractivity contribution is 5.79. The van der Waals surface area contributed by atoms with Gasteiger partial charge in [0.25, 0.3) is 0 Å². The number of benzene rings is 2. The molecule has 2 N–H and O–H groups in total. The summed E-state index contributed by atoms with van der Waals surface area (Å²) >= 11 is 0. The molecule has 0 fully saturated rings. The topological polar surface area (TPSA) is 45.6 Å². The lowest BCUT2D eigenvalue weighted by molar-refractivity contribution is 0.134. The smallest absolute Gasteiger partial charge is 0.191 e. The van der Waals surface area contributed by atoms with Crippen LogP contribution in [0, 0.1) is 6.92 Å². The molecule has 4 nitrogen and oxygen atoms in total. The number of hydrogen-bond donors (Lipinski definition) is 2. The molecule has 24 heavy (non-hydrogen) atoms. The highest BCUT2D eigenvalue weighted by Gasteiger charge is 2.00. The second-order valence-corrected chi connectivity index (χ2v) is 5.72. The number of aryl methyl sites for hydroxylation is 1. The zero-order chi connectivity index (χ0) is 17.2. The predicted octanol–water partition coefficient (Wildman–Crippen LogP) is 3.40. The Morgan fingerprint density at radius 1 is 0.958 bits per heavy atom. The Kier molecular flexibility index (Phi) is 7.30. The van der Waals surface area contributed by atoms with Crippen LogP contribution in [0.1, 0.15) is 29.2 Å². The van der Waals surface area contributed by atoms with Crippen molar-refractivity contribution in [2.75, 3.05) is 13.7 Å². The fourth-order valence-electron chi connectivity index (χ4n) is 2.39. The quantitative estimate of drug-likeness (QED) is 0.606. The van der Waals surface area contributed by atoms with E-state index in [0.29, 0.717) is 6.61 Å². The molecular formula is C20H27N3O. The third-order valence-corrected chi connectivity index (χ3v) is 3.72. The van der Waals surface area contributed by atoms with E-state index in [9.17, 15) is 0 Å². The van der Waals surface area contributed by atoms with Crippen LogP contribution in [0.2, 0.25) is 0 Å².